The minimum atomic E-state index is 0.438. The van der Waals surface area contributed by atoms with E-state index in [1.54, 1.807) is 0 Å². The van der Waals surface area contributed by atoms with Gasteiger partial charge in [-0.2, -0.15) is 23.5 Å². The van der Waals surface area contributed by atoms with E-state index < -0.39 is 0 Å². The highest BCUT2D eigenvalue weighted by molar-refractivity contribution is 8.07. The molecule has 1 saturated heterocycles. The summed E-state index contributed by atoms with van der Waals surface area (Å²) in [5.74, 6) is 2.31. The van der Waals surface area contributed by atoms with Crippen LogP contribution in [0.4, 0.5) is 0 Å². The van der Waals surface area contributed by atoms with Crippen molar-refractivity contribution in [2.45, 2.75) is 42.1 Å². The summed E-state index contributed by atoms with van der Waals surface area (Å²) in [6, 6.07) is 7.17. The van der Waals surface area contributed by atoms with Gasteiger partial charge in [0.1, 0.15) is 5.75 Å². The quantitative estimate of drug-likeness (QED) is 0.922. The van der Waals surface area contributed by atoms with Gasteiger partial charge in [-0.3, -0.25) is 0 Å². The molecule has 0 aliphatic carbocycles. The van der Waals surface area contributed by atoms with Gasteiger partial charge in [-0.1, -0.05) is 26.0 Å². The zero-order valence-electron chi connectivity index (χ0n) is 12.4. The average molecular weight is 309 g/mol. The van der Waals surface area contributed by atoms with Gasteiger partial charge in [0.2, 0.25) is 0 Å². The van der Waals surface area contributed by atoms with Crippen molar-refractivity contribution in [2.75, 3.05) is 19.4 Å². The van der Waals surface area contributed by atoms with Crippen molar-refractivity contribution in [1.29, 1.82) is 0 Å². The normalized spacial score (nSPS) is 30.6. The Morgan fingerprint density at radius 2 is 2.15 bits per heavy atom. The summed E-state index contributed by atoms with van der Waals surface area (Å²) in [5, 5.41) is 5.68. The van der Waals surface area contributed by atoms with E-state index in [9.17, 15) is 0 Å². The van der Waals surface area contributed by atoms with Gasteiger partial charge in [0, 0.05) is 34.0 Å². The molecule has 2 heterocycles. The molecule has 2 aliphatic rings. The summed E-state index contributed by atoms with van der Waals surface area (Å²) in [6.45, 7) is 5.54. The first-order valence-corrected chi connectivity index (χ1v) is 9.38. The van der Waals surface area contributed by atoms with E-state index in [0.717, 1.165) is 29.3 Å². The van der Waals surface area contributed by atoms with Gasteiger partial charge in [0.15, 0.2) is 0 Å². The van der Waals surface area contributed by atoms with Gasteiger partial charge in [-0.15, -0.1) is 0 Å². The lowest BCUT2D eigenvalue weighted by Gasteiger charge is -2.36. The van der Waals surface area contributed by atoms with Gasteiger partial charge in [-0.05, 0) is 24.2 Å². The van der Waals surface area contributed by atoms with Crippen LogP contribution in [0.5, 0.6) is 5.75 Å². The third-order valence-electron chi connectivity index (χ3n) is 4.33. The summed E-state index contributed by atoms with van der Waals surface area (Å²) < 4.78 is 5.61. The largest absolute Gasteiger partial charge is 0.493 e. The lowest BCUT2D eigenvalue weighted by Crippen LogP contribution is -2.35. The first-order valence-electron chi connectivity index (χ1n) is 7.39. The molecule has 20 heavy (non-hydrogen) atoms. The van der Waals surface area contributed by atoms with E-state index in [1.165, 1.54) is 16.9 Å². The molecule has 1 aromatic rings. The molecule has 2 aliphatic heterocycles. The SMILES string of the molecule is CNC(c1ccc2c(c1)CCO2)C1CSC(C)C(C)S1. The van der Waals surface area contributed by atoms with Gasteiger partial charge in [0.25, 0.3) is 0 Å². The Labute approximate surface area is 130 Å². The lowest BCUT2D eigenvalue weighted by molar-refractivity contribution is 0.356. The molecule has 0 bridgehead atoms. The van der Waals surface area contributed by atoms with Crippen molar-refractivity contribution in [3.05, 3.63) is 29.3 Å². The summed E-state index contributed by atoms with van der Waals surface area (Å²) >= 11 is 4.25. The minimum Gasteiger partial charge on any atom is -0.493 e. The van der Waals surface area contributed by atoms with Gasteiger partial charge < -0.3 is 10.1 Å². The van der Waals surface area contributed by atoms with Crippen LogP contribution >= 0.6 is 23.5 Å². The van der Waals surface area contributed by atoms with Crippen LogP contribution in [-0.4, -0.2) is 35.2 Å². The van der Waals surface area contributed by atoms with Crippen molar-refractivity contribution in [3.63, 3.8) is 0 Å². The third kappa shape index (κ3) is 2.83. The predicted molar refractivity (Wildman–Crippen MR) is 90.2 cm³/mol. The van der Waals surface area contributed by atoms with Crippen molar-refractivity contribution in [3.8, 4) is 5.75 Å². The molecule has 0 spiro atoms. The Balaban J connectivity index is 1.79. The topological polar surface area (TPSA) is 21.3 Å². The molecule has 0 radical (unpaired) electrons. The molecule has 4 atom stereocenters. The van der Waals surface area contributed by atoms with Crippen LogP contribution < -0.4 is 10.1 Å². The highest BCUT2D eigenvalue weighted by Gasteiger charge is 2.31. The zero-order valence-corrected chi connectivity index (χ0v) is 14.0. The molecule has 0 saturated carbocycles. The number of benzene rings is 1. The molecule has 0 amide bonds. The molecule has 0 aromatic heterocycles. The molecule has 3 rings (SSSR count). The van der Waals surface area contributed by atoms with Crippen molar-refractivity contribution < 1.29 is 4.74 Å². The third-order valence-corrected chi connectivity index (χ3v) is 7.82. The second-order valence-corrected chi connectivity index (χ2v) is 8.68. The second kappa shape index (κ2) is 6.20. The highest BCUT2D eigenvalue weighted by Crippen LogP contribution is 2.41. The van der Waals surface area contributed by atoms with Crippen LogP contribution in [-0.2, 0) is 6.42 Å². The minimum absolute atomic E-state index is 0.438. The lowest BCUT2D eigenvalue weighted by atomic mass is 10.0. The maximum Gasteiger partial charge on any atom is 0.122 e. The number of thioether (sulfide) groups is 2. The summed E-state index contributed by atoms with van der Waals surface area (Å²) in [6.07, 6.45) is 1.06. The van der Waals surface area contributed by atoms with Crippen LogP contribution in [0.15, 0.2) is 18.2 Å². The summed E-state index contributed by atoms with van der Waals surface area (Å²) in [5.41, 5.74) is 2.79. The average Bonchev–Trinajstić information content (AvgIpc) is 2.91. The molecule has 2 nitrogen and oxygen atoms in total. The van der Waals surface area contributed by atoms with Crippen LogP contribution in [0.25, 0.3) is 0 Å². The summed E-state index contributed by atoms with van der Waals surface area (Å²) in [4.78, 5) is 0. The number of hydrogen-bond acceptors (Lipinski definition) is 4. The molecule has 1 fully saturated rings. The van der Waals surface area contributed by atoms with Crippen LogP contribution in [0.3, 0.4) is 0 Å². The fraction of sp³-hybridized carbons (Fsp3) is 0.625. The molecule has 110 valence electrons. The van der Waals surface area contributed by atoms with Gasteiger partial charge >= 0.3 is 0 Å². The first-order chi connectivity index (χ1) is 9.69. The second-order valence-electron chi connectivity index (χ2n) is 5.65. The molecular weight excluding hydrogens is 286 g/mol. The standard InChI is InChI=1S/C16H23NOS2/c1-10-11(2)20-15(9-19-10)16(17-3)13-4-5-14-12(8-13)6-7-18-14/h4-5,8,10-11,15-17H,6-7,9H2,1-3H3. The summed E-state index contributed by atoms with van der Waals surface area (Å²) in [7, 11) is 2.09. The molecular formula is C16H23NOS2. The fourth-order valence-electron chi connectivity index (χ4n) is 2.95. The Hall–Kier alpha value is -0.320. The molecule has 1 N–H and O–H groups in total. The number of ether oxygens (including phenoxy) is 1. The Morgan fingerprint density at radius 1 is 1.30 bits per heavy atom. The van der Waals surface area contributed by atoms with Gasteiger partial charge in [-0.25, -0.2) is 0 Å². The first kappa shape index (κ1) is 14.6. The van der Waals surface area contributed by atoms with Crippen LogP contribution in [0.1, 0.15) is 31.0 Å². The van der Waals surface area contributed by atoms with Crippen molar-refractivity contribution in [2.24, 2.45) is 0 Å². The Bertz CT molecular complexity index is 480. The number of rotatable bonds is 3. The van der Waals surface area contributed by atoms with E-state index in [0.29, 0.717) is 11.3 Å². The highest BCUT2D eigenvalue weighted by atomic mass is 32.2. The number of hydrogen-bond donors (Lipinski definition) is 1. The van der Waals surface area contributed by atoms with Crippen molar-refractivity contribution in [1.82, 2.24) is 5.32 Å². The number of fused-ring (bicyclic) bond motifs is 1. The van der Waals surface area contributed by atoms with Crippen molar-refractivity contribution >= 4 is 23.5 Å². The van der Waals surface area contributed by atoms with Crippen LogP contribution in [0.2, 0.25) is 0 Å². The Kier molecular flexibility index (Phi) is 4.53. The van der Waals surface area contributed by atoms with E-state index in [4.69, 9.17) is 4.74 Å². The number of nitrogens with one attached hydrogen (secondary N) is 1. The molecule has 1 aromatic carbocycles. The maximum atomic E-state index is 5.61. The van der Waals surface area contributed by atoms with Gasteiger partial charge in [0.05, 0.1) is 6.61 Å². The van der Waals surface area contributed by atoms with E-state index in [2.05, 4.69) is 67.9 Å². The molecule has 4 unspecified atom stereocenters. The monoisotopic (exact) mass is 309 g/mol. The predicted octanol–water partition coefficient (Wildman–Crippen LogP) is 3.51. The smallest absolute Gasteiger partial charge is 0.122 e. The van der Waals surface area contributed by atoms with Crippen LogP contribution in [0, 0.1) is 0 Å². The van der Waals surface area contributed by atoms with E-state index in [1.807, 2.05) is 0 Å². The zero-order chi connectivity index (χ0) is 14.1. The fourth-order valence-corrected chi connectivity index (χ4v) is 6.11. The maximum absolute atomic E-state index is 5.61. The van der Waals surface area contributed by atoms with E-state index >= 15 is 0 Å². The Morgan fingerprint density at radius 3 is 2.90 bits per heavy atom. The molecule has 4 heteroatoms. The van der Waals surface area contributed by atoms with E-state index in [-0.39, 0.29) is 0 Å².